The Morgan fingerprint density at radius 1 is 1.12 bits per heavy atom. The standard InChI is InChI=1S/C29H30Cl2N8O4/c1-4-23(40)35-19-11-39(17-5-6-32-10-17)12-20(19)37-29-33-9-15-7-18(36-28(27(15)38-29)34-16-13-43-14-16)24-25(30)21(41-2)8-22(42-3)26(24)31/h4-10,16,19-20,32H,1,11-14H2,2-3H3,(H,34,36)(H,35,40)(H,33,37,38)/t19-,20+/m0/s1. The first-order valence-corrected chi connectivity index (χ1v) is 14.3. The van der Waals surface area contributed by atoms with Gasteiger partial charge >= 0.3 is 0 Å². The topological polar surface area (TPSA) is 139 Å². The summed E-state index contributed by atoms with van der Waals surface area (Å²) in [6.45, 7) is 5.90. The van der Waals surface area contributed by atoms with Crippen LogP contribution >= 0.6 is 23.2 Å². The Labute approximate surface area is 257 Å². The van der Waals surface area contributed by atoms with Gasteiger partial charge in [-0.15, -0.1) is 0 Å². The van der Waals surface area contributed by atoms with Crippen LogP contribution in [0.25, 0.3) is 22.2 Å². The molecule has 0 radical (unpaired) electrons. The van der Waals surface area contributed by atoms with Crippen molar-refractivity contribution in [2.24, 2.45) is 0 Å². The van der Waals surface area contributed by atoms with Crippen LogP contribution < -0.4 is 30.3 Å². The molecule has 0 spiro atoms. The van der Waals surface area contributed by atoms with Gasteiger partial charge in [0.05, 0.1) is 67.0 Å². The van der Waals surface area contributed by atoms with Crippen molar-refractivity contribution >= 4 is 57.5 Å². The first kappa shape index (κ1) is 28.8. The van der Waals surface area contributed by atoms with Crippen LogP contribution in [0.2, 0.25) is 10.0 Å². The summed E-state index contributed by atoms with van der Waals surface area (Å²) in [4.78, 5) is 31.9. The van der Waals surface area contributed by atoms with Crippen molar-refractivity contribution in [2.75, 3.05) is 56.1 Å². The van der Waals surface area contributed by atoms with Crippen LogP contribution in [0.4, 0.5) is 17.5 Å². The molecule has 0 unspecified atom stereocenters. The number of rotatable bonds is 10. The minimum atomic E-state index is -0.246. The Hall–Kier alpha value is -4.26. The molecule has 1 amide bonds. The Kier molecular flexibility index (Phi) is 8.15. The average molecular weight is 626 g/mol. The van der Waals surface area contributed by atoms with Gasteiger partial charge in [0.2, 0.25) is 11.9 Å². The first-order chi connectivity index (χ1) is 20.9. The lowest BCUT2D eigenvalue weighted by molar-refractivity contribution is -0.117. The van der Waals surface area contributed by atoms with Crippen molar-refractivity contribution in [1.82, 2.24) is 25.3 Å². The third-order valence-corrected chi connectivity index (χ3v) is 8.22. The number of carbonyl (C=O) groups excluding carboxylic acids is 1. The van der Waals surface area contributed by atoms with Crippen LogP contribution in [0.5, 0.6) is 11.5 Å². The number of methoxy groups -OCH3 is 2. The molecule has 0 saturated carbocycles. The van der Waals surface area contributed by atoms with E-state index in [1.165, 1.54) is 20.3 Å². The minimum absolute atomic E-state index is 0.0614. The molecule has 43 heavy (non-hydrogen) atoms. The summed E-state index contributed by atoms with van der Waals surface area (Å²) >= 11 is 13.5. The van der Waals surface area contributed by atoms with E-state index in [1.807, 2.05) is 24.5 Å². The molecule has 3 aromatic heterocycles. The molecular weight excluding hydrogens is 595 g/mol. The molecule has 4 aromatic rings. The van der Waals surface area contributed by atoms with Gasteiger partial charge < -0.3 is 40.0 Å². The van der Waals surface area contributed by atoms with Crippen LogP contribution in [-0.2, 0) is 9.53 Å². The van der Waals surface area contributed by atoms with Crippen molar-refractivity contribution in [1.29, 1.82) is 0 Å². The van der Waals surface area contributed by atoms with Crippen molar-refractivity contribution in [3.63, 3.8) is 0 Å². The molecule has 12 nitrogen and oxygen atoms in total. The highest BCUT2D eigenvalue weighted by Crippen LogP contribution is 2.46. The molecule has 0 bridgehead atoms. The third-order valence-electron chi connectivity index (χ3n) is 7.47. The average Bonchev–Trinajstić information content (AvgIpc) is 3.66. The molecule has 2 atom stereocenters. The van der Waals surface area contributed by atoms with Gasteiger partial charge in [-0.25, -0.2) is 15.0 Å². The zero-order chi connectivity index (χ0) is 30.1. The fraction of sp³-hybridized carbons (Fsp3) is 0.310. The van der Waals surface area contributed by atoms with E-state index in [0.29, 0.717) is 81.8 Å². The van der Waals surface area contributed by atoms with Crippen LogP contribution in [0.3, 0.4) is 0 Å². The number of nitrogens with one attached hydrogen (secondary N) is 4. The minimum Gasteiger partial charge on any atom is -0.495 e. The Balaban J connectivity index is 1.38. The number of aromatic nitrogens is 4. The SMILES string of the molecule is C=CC(=O)N[C@H]1CN(c2cc[nH]c2)C[C@H]1Nc1ncc2cc(-c3c(Cl)c(OC)cc(OC)c3Cl)nc(NC3COC3)c2n1. The fourth-order valence-corrected chi connectivity index (χ4v) is 5.88. The summed E-state index contributed by atoms with van der Waals surface area (Å²) < 4.78 is 16.3. The number of aromatic amines is 1. The predicted molar refractivity (Wildman–Crippen MR) is 167 cm³/mol. The predicted octanol–water partition coefficient (Wildman–Crippen LogP) is 4.13. The van der Waals surface area contributed by atoms with E-state index >= 15 is 0 Å². The van der Waals surface area contributed by atoms with Crippen molar-refractivity contribution in [3.05, 3.63) is 59.5 Å². The summed E-state index contributed by atoms with van der Waals surface area (Å²) in [6.07, 6.45) is 6.77. The van der Waals surface area contributed by atoms with Gasteiger partial charge in [0.25, 0.3) is 0 Å². The van der Waals surface area contributed by atoms with Crippen molar-refractivity contribution in [3.8, 4) is 22.8 Å². The number of pyridine rings is 1. The maximum Gasteiger partial charge on any atom is 0.243 e. The van der Waals surface area contributed by atoms with E-state index in [1.54, 1.807) is 12.3 Å². The molecule has 14 heteroatoms. The van der Waals surface area contributed by atoms with Gasteiger partial charge in [-0.3, -0.25) is 4.79 Å². The Bertz CT molecular complexity index is 1640. The molecule has 2 aliphatic rings. The van der Waals surface area contributed by atoms with Crippen LogP contribution in [-0.4, -0.2) is 84.5 Å². The number of benzene rings is 1. The number of anilines is 3. The van der Waals surface area contributed by atoms with E-state index in [4.69, 9.17) is 47.4 Å². The molecule has 2 saturated heterocycles. The molecule has 6 rings (SSSR count). The van der Waals surface area contributed by atoms with E-state index in [2.05, 4.69) is 37.4 Å². The Morgan fingerprint density at radius 2 is 1.86 bits per heavy atom. The lowest BCUT2D eigenvalue weighted by Crippen LogP contribution is -2.45. The molecular formula is C29H30Cl2N8O4. The quantitative estimate of drug-likeness (QED) is 0.190. The highest BCUT2D eigenvalue weighted by Gasteiger charge is 2.34. The molecule has 2 fully saturated rings. The van der Waals surface area contributed by atoms with E-state index in [0.717, 1.165) is 5.69 Å². The summed E-state index contributed by atoms with van der Waals surface area (Å²) in [5.74, 6) is 1.48. The molecule has 0 aliphatic carbocycles. The monoisotopic (exact) mass is 624 g/mol. The fourth-order valence-electron chi connectivity index (χ4n) is 5.19. The van der Waals surface area contributed by atoms with Crippen LogP contribution in [0.15, 0.2) is 49.4 Å². The summed E-state index contributed by atoms with van der Waals surface area (Å²) in [6, 6.07) is 5.12. The number of ether oxygens (including phenoxy) is 3. The van der Waals surface area contributed by atoms with Crippen molar-refractivity contribution < 1.29 is 19.0 Å². The summed E-state index contributed by atoms with van der Waals surface area (Å²) in [5, 5.41) is 11.2. The number of H-pyrrole nitrogens is 1. The zero-order valence-corrected chi connectivity index (χ0v) is 25.0. The first-order valence-electron chi connectivity index (χ1n) is 13.6. The maximum absolute atomic E-state index is 12.2. The molecule has 5 heterocycles. The molecule has 1 aromatic carbocycles. The highest BCUT2D eigenvalue weighted by molar-refractivity contribution is 6.41. The lowest BCUT2D eigenvalue weighted by Gasteiger charge is -2.28. The number of carbonyl (C=O) groups is 1. The molecule has 4 N–H and O–H groups in total. The van der Waals surface area contributed by atoms with Gasteiger partial charge in [0.1, 0.15) is 17.0 Å². The van der Waals surface area contributed by atoms with Gasteiger partial charge in [-0.1, -0.05) is 29.8 Å². The number of hydrogen-bond donors (Lipinski definition) is 4. The lowest BCUT2D eigenvalue weighted by atomic mass is 10.1. The second-order valence-corrected chi connectivity index (χ2v) is 11.0. The third kappa shape index (κ3) is 5.73. The Morgan fingerprint density at radius 3 is 2.49 bits per heavy atom. The van der Waals surface area contributed by atoms with Gasteiger partial charge in [-0.05, 0) is 18.2 Å². The number of nitrogens with zero attached hydrogens (tertiary/aromatic N) is 4. The largest absolute Gasteiger partial charge is 0.495 e. The number of hydrogen-bond acceptors (Lipinski definition) is 10. The molecule has 224 valence electrons. The van der Waals surface area contributed by atoms with Gasteiger partial charge in [0.15, 0.2) is 5.82 Å². The van der Waals surface area contributed by atoms with Crippen LogP contribution in [0.1, 0.15) is 0 Å². The van der Waals surface area contributed by atoms with Gasteiger partial charge in [-0.2, -0.15) is 0 Å². The second-order valence-electron chi connectivity index (χ2n) is 10.2. The molecule has 2 aliphatic heterocycles. The second kappa shape index (κ2) is 12.2. The van der Waals surface area contributed by atoms with Crippen molar-refractivity contribution in [2.45, 2.75) is 18.1 Å². The summed E-state index contributed by atoms with van der Waals surface area (Å²) in [5.41, 5.74) is 2.59. The number of amides is 1. The summed E-state index contributed by atoms with van der Waals surface area (Å²) in [7, 11) is 3.04. The normalized spacial score (nSPS) is 18.3. The van der Waals surface area contributed by atoms with Crippen LogP contribution in [0, 0.1) is 0 Å². The zero-order valence-electron chi connectivity index (χ0n) is 23.5. The smallest absolute Gasteiger partial charge is 0.243 e. The highest BCUT2D eigenvalue weighted by atomic mass is 35.5. The van der Waals surface area contributed by atoms with E-state index in [-0.39, 0.29) is 24.0 Å². The number of halogens is 2. The number of fused-ring (bicyclic) bond motifs is 1. The van der Waals surface area contributed by atoms with E-state index < -0.39 is 0 Å². The van der Waals surface area contributed by atoms with Gasteiger partial charge in [0, 0.05) is 48.7 Å². The van der Waals surface area contributed by atoms with E-state index in [9.17, 15) is 4.79 Å². The maximum atomic E-state index is 12.2.